The third kappa shape index (κ3) is 13.3. The van der Waals surface area contributed by atoms with Crippen LogP contribution in [-0.4, -0.2) is 53.6 Å². The van der Waals surface area contributed by atoms with E-state index in [4.69, 9.17) is 19.2 Å². The first-order valence-corrected chi connectivity index (χ1v) is 19.5. The molecule has 45 heavy (non-hydrogen) atoms. The molecule has 2 aromatic heterocycles. The molecule has 0 unspecified atom stereocenters. The molecule has 4 rings (SSSR count). The van der Waals surface area contributed by atoms with E-state index in [9.17, 15) is 20.4 Å². The molecule has 0 fully saturated rings. The topological polar surface area (TPSA) is 261 Å². The molecule has 0 amide bonds. The van der Waals surface area contributed by atoms with Gasteiger partial charge in [-0.15, -0.1) is 0 Å². The van der Waals surface area contributed by atoms with Gasteiger partial charge >= 0.3 is 35.1 Å². The van der Waals surface area contributed by atoms with Crippen molar-refractivity contribution in [1.82, 2.24) is 9.97 Å². The van der Waals surface area contributed by atoms with Gasteiger partial charge in [0, 0.05) is 36.6 Å². The molecule has 0 aliphatic rings. The van der Waals surface area contributed by atoms with Crippen LogP contribution in [0, 0.1) is 25.4 Å². The molecule has 0 radical (unpaired) electrons. The van der Waals surface area contributed by atoms with Crippen LogP contribution < -0.4 is 29.9 Å². The molecule has 0 atom stereocenters. The van der Waals surface area contributed by atoms with Crippen LogP contribution in [0.2, 0.25) is 0 Å². The fourth-order valence-corrected chi connectivity index (χ4v) is 2.98. The van der Waals surface area contributed by atoms with E-state index in [1.165, 1.54) is 75.7 Å². The fraction of sp³-hybridized carbons (Fsp3) is 0.0714. The molecule has 2 N–H and O–H groups in total. The Bertz CT molecular complexity index is 1630. The predicted octanol–water partition coefficient (Wildman–Crippen LogP) is -0.742. The molecule has 16 nitrogen and oxygen atoms in total. The van der Waals surface area contributed by atoms with Crippen LogP contribution in [0.15, 0.2) is 106 Å². The Labute approximate surface area is 263 Å². The Morgan fingerprint density at radius 1 is 0.689 bits per heavy atom. The fourth-order valence-electron chi connectivity index (χ4n) is 2.98. The van der Waals surface area contributed by atoms with Gasteiger partial charge in [-0.1, -0.05) is 35.8 Å². The number of hydrogen-bond donors (Lipinski definition) is 2. The number of benzene rings is 2. The molecule has 0 aliphatic heterocycles. The third-order valence-electron chi connectivity index (χ3n) is 5.00. The van der Waals surface area contributed by atoms with Gasteiger partial charge < -0.3 is 29.9 Å². The molecule has 2 heterocycles. The average Bonchev–Trinajstić information content (AvgIpc) is 3.03. The van der Waals surface area contributed by atoms with Crippen LogP contribution in [-0.2, 0) is 4.47 Å². The van der Waals surface area contributed by atoms with E-state index in [-0.39, 0.29) is 23.0 Å². The maximum atomic E-state index is 11.8. The number of ether oxygens (including phenoxy) is 2. The van der Waals surface area contributed by atoms with Crippen LogP contribution in [0.3, 0.4) is 0 Å². The number of rotatable bonds is 8. The first-order chi connectivity index (χ1) is 21.4. The SMILES string of the molecule is COc1cccc(C=N/N=C(\[O-])c2ccncc2)c1[O-].COc1cccc(C=N/N=C(\[O-])c2ccncc2)c1[O-].[O]=[U](=[O])([OH])[OH]. The molecule has 4 aromatic rings. The molecule has 234 valence electrons. The summed E-state index contributed by atoms with van der Waals surface area (Å²) in [4.78, 5) is 7.60. The molecular formula is C28H24N6O10U-4. The van der Waals surface area contributed by atoms with Crippen molar-refractivity contribution in [2.24, 2.45) is 20.4 Å². The summed E-state index contributed by atoms with van der Waals surface area (Å²) in [6.07, 6.45) is 8.41. The van der Waals surface area contributed by atoms with E-state index in [0.29, 0.717) is 22.3 Å². The van der Waals surface area contributed by atoms with Gasteiger partial charge in [-0.05, 0) is 58.7 Å². The van der Waals surface area contributed by atoms with Gasteiger partial charge in [0.25, 0.3) is 0 Å². The third-order valence-corrected chi connectivity index (χ3v) is 5.00. The van der Waals surface area contributed by atoms with Gasteiger partial charge in [0.05, 0.1) is 26.6 Å². The molecule has 0 aliphatic carbocycles. The summed E-state index contributed by atoms with van der Waals surface area (Å²) in [7, 11) is 2.82. The van der Waals surface area contributed by atoms with E-state index in [1.807, 2.05) is 0 Å². The van der Waals surface area contributed by atoms with Gasteiger partial charge in [-0.25, -0.2) is 0 Å². The van der Waals surface area contributed by atoms with Crippen molar-refractivity contribution in [3.05, 3.63) is 108 Å². The number of pyridine rings is 2. The van der Waals surface area contributed by atoms with Crippen LogP contribution in [0.1, 0.15) is 22.3 Å². The van der Waals surface area contributed by atoms with Gasteiger partial charge in [0.2, 0.25) is 0 Å². The zero-order valence-electron chi connectivity index (χ0n) is 23.6. The Morgan fingerprint density at radius 2 is 1.02 bits per heavy atom. The standard InChI is InChI=1S/2C14H13N3O3.2H2O.2O.U/c2*1-20-12-4-2-3-11(13(12)18)9-16-17-14(19)10-5-7-15-8-6-10;;;;;/h2*2-9,18H,1H3,(H,17,19);2*1H2;;;/q;;;;;;+2/p-6. The monoisotopic (exact) mass is 842 g/mol. The van der Waals surface area contributed by atoms with Gasteiger partial charge in [0.15, 0.2) is 0 Å². The van der Waals surface area contributed by atoms with Crippen molar-refractivity contribution in [1.29, 1.82) is 0 Å². The first kappa shape index (κ1) is 36.0. The number of nitrogens with zero attached hydrogens (tertiary/aromatic N) is 6. The van der Waals surface area contributed by atoms with Crippen molar-refractivity contribution >= 4 is 24.2 Å². The van der Waals surface area contributed by atoms with E-state index < -0.39 is 37.2 Å². The molecule has 0 bridgehead atoms. The second-order valence-electron chi connectivity index (χ2n) is 8.08. The minimum absolute atomic E-state index is 0.217. The Balaban J connectivity index is 0.000000273. The van der Waals surface area contributed by atoms with Crippen LogP contribution in [0.5, 0.6) is 23.0 Å². The zero-order valence-corrected chi connectivity index (χ0v) is 27.7. The summed E-state index contributed by atoms with van der Waals surface area (Å²) in [5.41, 5.74) is 1.36. The van der Waals surface area contributed by atoms with E-state index in [0.717, 1.165) is 0 Å². The Morgan fingerprint density at radius 3 is 1.33 bits per heavy atom. The maximum absolute atomic E-state index is 11.8. The first-order valence-electron chi connectivity index (χ1n) is 12.3. The van der Waals surface area contributed by atoms with Crippen molar-refractivity contribution < 1.29 is 65.0 Å². The normalized spacial score (nSPS) is 11.7. The van der Waals surface area contributed by atoms with Crippen molar-refractivity contribution in [2.45, 2.75) is 0 Å². The number of methoxy groups -OCH3 is 2. The van der Waals surface area contributed by atoms with Gasteiger partial charge in [-0.3, -0.25) is 9.97 Å². The molecular weight excluding hydrogens is 818 g/mol. The van der Waals surface area contributed by atoms with E-state index in [2.05, 4.69) is 30.4 Å². The summed E-state index contributed by atoms with van der Waals surface area (Å²) in [5.74, 6) is -1.17. The summed E-state index contributed by atoms with van der Waals surface area (Å²) < 4.78 is 42.0. The van der Waals surface area contributed by atoms with Crippen LogP contribution in [0.25, 0.3) is 0 Å². The second kappa shape index (κ2) is 18.5. The summed E-state index contributed by atoms with van der Waals surface area (Å²) in [6.45, 7) is 0. The van der Waals surface area contributed by atoms with Crippen LogP contribution >= 0.6 is 0 Å². The average molecular weight is 843 g/mol. The summed E-state index contributed by atoms with van der Waals surface area (Å²) in [6, 6.07) is 15.7. The number of hydrogen-bond acceptors (Lipinski definition) is 14. The van der Waals surface area contributed by atoms with Crippen molar-refractivity contribution in [3.8, 4) is 23.0 Å². The zero-order chi connectivity index (χ0) is 33.2. The summed E-state index contributed by atoms with van der Waals surface area (Å²) >= 11 is -5.84. The number of aromatic nitrogens is 2. The Hall–Kier alpha value is -5.21. The molecule has 0 spiro atoms. The minimum atomic E-state index is -5.84. The summed E-state index contributed by atoms with van der Waals surface area (Å²) in [5, 5.41) is 61.1. The van der Waals surface area contributed by atoms with Crippen LogP contribution in [0.4, 0.5) is 0 Å². The molecule has 2 aromatic carbocycles. The second-order valence-corrected chi connectivity index (χ2v) is 12.6. The van der Waals surface area contributed by atoms with Gasteiger partial charge in [-0.2, -0.15) is 20.4 Å². The quantitative estimate of drug-likeness (QED) is 0.126. The predicted molar refractivity (Wildman–Crippen MR) is 147 cm³/mol. The molecule has 0 saturated heterocycles. The van der Waals surface area contributed by atoms with Gasteiger partial charge in [0.1, 0.15) is 11.5 Å². The number of para-hydroxylation sites is 2. The molecule has 17 heteroatoms. The Kier molecular flexibility index (Phi) is 14.8. The van der Waals surface area contributed by atoms with Crippen molar-refractivity contribution in [3.63, 3.8) is 0 Å². The molecule has 0 saturated carbocycles. The van der Waals surface area contributed by atoms with E-state index >= 15 is 0 Å². The van der Waals surface area contributed by atoms with Crippen molar-refractivity contribution in [2.75, 3.05) is 14.2 Å². The van der Waals surface area contributed by atoms with E-state index in [1.54, 1.807) is 36.4 Å².